The average molecular weight is 435 g/mol. The lowest BCUT2D eigenvalue weighted by Crippen LogP contribution is -2.53. The van der Waals surface area contributed by atoms with Crippen molar-refractivity contribution in [2.75, 3.05) is 27.2 Å². The van der Waals surface area contributed by atoms with Gasteiger partial charge in [0.15, 0.2) is 0 Å². The van der Waals surface area contributed by atoms with Crippen LogP contribution in [0.5, 0.6) is 0 Å². The largest absolute Gasteiger partial charge is 0.348 e. The molecule has 0 spiro atoms. The normalized spacial score (nSPS) is 20.0. The van der Waals surface area contributed by atoms with E-state index in [1.807, 2.05) is 23.2 Å². The van der Waals surface area contributed by atoms with Gasteiger partial charge in [-0.3, -0.25) is 19.4 Å². The number of rotatable bonds is 5. The van der Waals surface area contributed by atoms with Gasteiger partial charge in [0.25, 0.3) is 0 Å². The molecular weight excluding hydrogens is 404 g/mol. The van der Waals surface area contributed by atoms with Crippen LogP contribution in [-0.4, -0.2) is 65.7 Å². The summed E-state index contributed by atoms with van der Waals surface area (Å²) in [7, 11) is 3.59. The number of amides is 3. The maximum atomic E-state index is 13.2. The zero-order chi connectivity index (χ0) is 22.7. The molecule has 32 heavy (non-hydrogen) atoms. The number of carbonyl (C=O) groups excluding carboxylic acids is 3. The van der Waals surface area contributed by atoms with Crippen molar-refractivity contribution in [3.8, 4) is 11.1 Å². The first kappa shape index (κ1) is 22.0. The van der Waals surface area contributed by atoms with Gasteiger partial charge in [-0.25, -0.2) is 0 Å². The second kappa shape index (κ2) is 9.10. The summed E-state index contributed by atoms with van der Waals surface area (Å²) >= 11 is 0. The van der Waals surface area contributed by atoms with Crippen LogP contribution in [0.25, 0.3) is 11.1 Å². The molecule has 2 aromatic rings. The Kier molecular flexibility index (Phi) is 6.26. The zero-order valence-corrected chi connectivity index (χ0v) is 18.7. The minimum atomic E-state index is -0.533. The predicted molar refractivity (Wildman–Crippen MR) is 121 cm³/mol. The predicted octanol–water partition coefficient (Wildman–Crippen LogP) is 2.27. The van der Waals surface area contributed by atoms with Gasteiger partial charge in [0.1, 0.15) is 6.04 Å². The van der Waals surface area contributed by atoms with Crippen molar-refractivity contribution in [2.24, 2.45) is 5.41 Å². The molecule has 0 saturated carbocycles. The quantitative estimate of drug-likeness (QED) is 0.783. The molecule has 168 valence electrons. The molecule has 3 amide bonds. The van der Waals surface area contributed by atoms with Crippen molar-refractivity contribution in [3.63, 3.8) is 0 Å². The van der Waals surface area contributed by atoms with Crippen LogP contribution in [0.2, 0.25) is 0 Å². The van der Waals surface area contributed by atoms with Gasteiger partial charge in [0.05, 0.1) is 5.41 Å². The summed E-state index contributed by atoms with van der Waals surface area (Å²) < 4.78 is 0. The first-order chi connectivity index (χ1) is 15.4. The monoisotopic (exact) mass is 434 g/mol. The number of nitrogens with one attached hydrogen (secondary N) is 1. The Hall–Kier alpha value is -3.22. The van der Waals surface area contributed by atoms with Crippen LogP contribution in [0.1, 0.15) is 31.2 Å². The first-order valence-corrected chi connectivity index (χ1v) is 11.2. The maximum absolute atomic E-state index is 13.2. The second-order valence-corrected chi connectivity index (χ2v) is 9.08. The smallest absolute Gasteiger partial charge is 0.245 e. The van der Waals surface area contributed by atoms with E-state index in [2.05, 4.69) is 34.6 Å². The molecule has 2 aliphatic rings. The van der Waals surface area contributed by atoms with E-state index in [-0.39, 0.29) is 17.7 Å². The van der Waals surface area contributed by atoms with Crippen LogP contribution < -0.4 is 5.32 Å². The minimum absolute atomic E-state index is 0.0254. The van der Waals surface area contributed by atoms with Crippen LogP contribution in [0, 0.1) is 5.41 Å². The number of nitrogens with zero attached hydrogens (tertiary/aromatic N) is 3. The van der Waals surface area contributed by atoms with Gasteiger partial charge in [-0.1, -0.05) is 30.3 Å². The van der Waals surface area contributed by atoms with Crippen LogP contribution >= 0.6 is 0 Å². The van der Waals surface area contributed by atoms with Crippen molar-refractivity contribution >= 4 is 17.7 Å². The van der Waals surface area contributed by atoms with E-state index in [0.29, 0.717) is 45.2 Å². The molecule has 2 fully saturated rings. The molecule has 7 heteroatoms. The number of piperidine rings is 1. The molecule has 2 saturated heterocycles. The average Bonchev–Trinajstić information content (AvgIpc) is 3.26. The summed E-state index contributed by atoms with van der Waals surface area (Å²) in [5.74, 6) is 0.0184. The summed E-state index contributed by atoms with van der Waals surface area (Å²) in [6.07, 6.45) is 6.42. The third kappa shape index (κ3) is 4.52. The zero-order valence-electron chi connectivity index (χ0n) is 18.7. The molecule has 1 atom stereocenters. The van der Waals surface area contributed by atoms with E-state index in [9.17, 15) is 14.4 Å². The van der Waals surface area contributed by atoms with Gasteiger partial charge >= 0.3 is 0 Å². The summed E-state index contributed by atoms with van der Waals surface area (Å²) in [5.41, 5.74) is 2.73. The third-order valence-corrected chi connectivity index (χ3v) is 6.68. The van der Waals surface area contributed by atoms with Crippen molar-refractivity contribution in [3.05, 3.63) is 54.4 Å². The number of likely N-dealkylation sites (tertiary alicyclic amines) is 1. The highest BCUT2D eigenvalue weighted by molar-refractivity contribution is 5.91. The van der Waals surface area contributed by atoms with E-state index >= 15 is 0 Å². The molecule has 1 N–H and O–H groups in total. The minimum Gasteiger partial charge on any atom is -0.348 e. The van der Waals surface area contributed by atoms with Gasteiger partial charge in [0.2, 0.25) is 17.7 Å². The van der Waals surface area contributed by atoms with Crippen LogP contribution in [0.3, 0.4) is 0 Å². The third-order valence-electron chi connectivity index (χ3n) is 6.68. The SMILES string of the molecule is CN(C)C(=O)C1(Cc2ccc(-c3cccnc3)cc2)CCN(C(=O)[C@H]2CCC(=O)N2)CC1. The van der Waals surface area contributed by atoms with E-state index in [1.54, 1.807) is 25.2 Å². The number of aromatic nitrogens is 1. The summed E-state index contributed by atoms with van der Waals surface area (Å²) in [6, 6.07) is 11.8. The van der Waals surface area contributed by atoms with Gasteiger partial charge < -0.3 is 15.1 Å². The summed E-state index contributed by atoms with van der Waals surface area (Å²) in [4.78, 5) is 45.2. The Morgan fingerprint density at radius 3 is 2.41 bits per heavy atom. The molecular formula is C25H30N4O3. The fourth-order valence-corrected chi connectivity index (χ4v) is 4.85. The van der Waals surface area contributed by atoms with E-state index in [0.717, 1.165) is 16.7 Å². The topological polar surface area (TPSA) is 82.6 Å². The highest BCUT2D eigenvalue weighted by Crippen LogP contribution is 2.37. The van der Waals surface area contributed by atoms with Crippen LogP contribution in [-0.2, 0) is 20.8 Å². The molecule has 0 bridgehead atoms. The highest BCUT2D eigenvalue weighted by atomic mass is 16.2. The van der Waals surface area contributed by atoms with Crippen molar-refractivity contribution < 1.29 is 14.4 Å². The Balaban J connectivity index is 1.48. The van der Waals surface area contributed by atoms with E-state index in [1.165, 1.54) is 0 Å². The molecule has 3 heterocycles. The van der Waals surface area contributed by atoms with Crippen LogP contribution in [0.4, 0.5) is 0 Å². The number of pyridine rings is 1. The Morgan fingerprint density at radius 1 is 1.12 bits per heavy atom. The van der Waals surface area contributed by atoms with E-state index in [4.69, 9.17) is 0 Å². The van der Waals surface area contributed by atoms with Crippen molar-refractivity contribution in [1.82, 2.24) is 20.1 Å². The number of benzene rings is 1. The lowest BCUT2D eigenvalue weighted by Gasteiger charge is -2.42. The van der Waals surface area contributed by atoms with Gasteiger partial charge in [-0.2, -0.15) is 0 Å². The highest BCUT2D eigenvalue weighted by Gasteiger charge is 2.44. The molecule has 1 aromatic heterocycles. The van der Waals surface area contributed by atoms with Gasteiger partial charge in [0, 0.05) is 46.0 Å². The van der Waals surface area contributed by atoms with E-state index < -0.39 is 11.5 Å². The maximum Gasteiger partial charge on any atom is 0.245 e. The van der Waals surface area contributed by atoms with Crippen molar-refractivity contribution in [2.45, 2.75) is 38.1 Å². The van der Waals surface area contributed by atoms with Gasteiger partial charge in [-0.15, -0.1) is 0 Å². The molecule has 2 aliphatic heterocycles. The number of hydrogen-bond donors (Lipinski definition) is 1. The fraction of sp³-hybridized carbons (Fsp3) is 0.440. The molecule has 0 aliphatic carbocycles. The molecule has 7 nitrogen and oxygen atoms in total. The second-order valence-electron chi connectivity index (χ2n) is 9.08. The first-order valence-electron chi connectivity index (χ1n) is 11.2. The number of hydrogen-bond acceptors (Lipinski definition) is 4. The molecule has 1 aromatic carbocycles. The Morgan fingerprint density at radius 2 is 1.84 bits per heavy atom. The van der Waals surface area contributed by atoms with Crippen molar-refractivity contribution in [1.29, 1.82) is 0 Å². The fourth-order valence-electron chi connectivity index (χ4n) is 4.85. The standard InChI is InChI=1S/C25H30N4O3/c1-28(2)24(32)25(11-14-29(15-12-25)23(31)21-9-10-22(30)27-21)16-18-5-7-19(8-6-18)20-4-3-13-26-17-20/h3-8,13,17,21H,9-12,14-16H2,1-2H3,(H,27,30)/t21-/m1/s1. The van der Waals surface area contributed by atoms with Gasteiger partial charge in [-0.05, 0) is 48.4 Å². The Labute approximate surface area is 188 Å². The summed E-state index contributed by atoms with van der Waals surface area (Å²) in [6.45, 7) is 1.05. The van der Waals surface area contributed by atoms with Crippen LogP contribution in [0.15, 0.2) is 48.8 Å². The molecule has 0 unspecified atom stereocenters. The molecule has 0 radical (unpaired) electrons. The molecule has 4 rings (SSSR count). The summed E-state index contributed by atoms with van der Waals surface area (Å²) in [5, 5.41) is 2.76. The number of carbonyl (C=O) groups is 3. The lowest BCUT2D eigenvalue weighted by molar-refractivity contribution is -0.147. The lowest BCUT2D eigenvalue weighted by atomic mass is 9.72. The Bertz CT molecular complexity index is 980.